The van der Waals surface area contributed by atoms with Crippen molar-refractivity contribution in [1.82, 2.24) is 0 Å². The topological polar surface area (TPSA) is 74.6 Å². The highest BCUT2D eigenvalue weighted by atomic mass is 32.3. The van der Waals surface area contributed by atoms with Crippen LogP contribution in [0.4, 0.5) is 0 Å². The molecule has 0 aromatic carbocycles. The Morgan fingerprint density at radius 3 is 1.56 bits per heavy atom. The first kappa shape index (κ1) is 19.9. The molecule has 0 saturated carbocycles. The van der Waals surface area contributed by atoms with E-state index < -0.39 is 10.4 Å². The summed E-state index contributed by atoms with van der Waals surface area (Å²) in [4.78, 5) is 0. The first-order chi connectivity index (χ1) is 8.41. The van der Waals surface area contributed by atoms with E-state index in [0.29, 0.717) is 0 Å². The van der Waals surface area contributed by atoms with Crippen LogP contribution in [0.1, 0.15) is 71.1 Å². The van der Waals surface area contributed by atoms with Gasteiger partial charge in [0.05, 0.1) is 0 Å². The molecule has 0 amide bonds. The Labute approximate surface area is 112 Å². The van der Waals surface area contributed by atoms with Crippen LogP contribution >= 0.6 is 0 Å². The second-order valence-corrected chi connectivity index (χ2v) is 5.25. The van der Waals surface area contributed by atoms with Crippen LogP contribution < -0.4 is 0 Å². The standard InChI is InChI=1S/C13H26.H2O4S/c1-3-5-7-9-11-13-12-10-8-6-4-2;1-5(2,3)4/h3H,1,4-13H2,2H3;(H2,1,2,3,4). The third kappa shape index (κ3) is 36.1. The van der Waals surface area contributed by atoms with Crippen molar-refractivity contribution in [2.24, 2.45) is 0 Å². The zero-order valence-corrected chi connectivity index (χ0v) is 12.3. The number of unbranched alkanes of at least 4 members (excludes halogenated alkanes) is 9. The molecule has 0 fully saturated rings. The number of rotatable bonds is 10. The van der Waals surface area contributed by atoms with Gasteiger partial charge in [-0.3, -0.25) is 9.11 Å². The molecule has 0 unspecified atom stereocenters. The molecule has 0 aliphatic rings. The van der Waals surface area contributed by atoms with E-state index in [0.717, 1.165) is 0 Å². The smallest absolute Gasteiger partial charge is 0.264 e. The van der Waals surface area contributed by atoms with Gasteiger partial charge in [-0.25, -0.2) is 0 Å². The van der Waals surface area contributed by atoms with Crippen LogP contribution in [-0.4, -0.2) is 17.5 Å². The van der Waals surface area contributed by atoms with Gasteiger partial charge in [0, 0.05) is 0 Å². The Morgan fingerprint density at radius 1 is 0.889 bits per heavy atom. The lowest BCUT2D eigenvalue weighted by Gasteiger charge is -2.00. The van der Waals surface area contributed by atoms with Crippen molar-refractivity contribution in [1.29, 1.82) is 0 Å². The molecule has 0 aliphatic heterocycles. The second-order valence-electron chi connectivity index (χ2n) is 4.35. The molecule has 110 valence electrons. The van der Waals surface area contributed by atoms with E-state index in [4.69, 9.17) is 17.5 Å². The van der Waals surface area contributed by atoms with Crippen molar-refractivity contribution in [3.8, 4) is 0 Å². The molecule has 0 aliphatic carbocycles. The predicted octanol–water partition coefficient (Wildman–Crippen LogP) is 4.44. The summed E-state index contributed by atoms with van der Waals surface area (Å²) in [7, 11) is -4.67. The van der Waals surface area contributed by atoms with Crippen molar-refractivity contribution in [3.63, 3.8) is 0 Å². The molecule has 0 atom stereocenters. The molecule has 0 bridgehead atoms. The number of allylic oxidation sites excluding steroid dienone is 1. The van der Waals surface area contributed by atoms with E-state index in [2.05, 4.69) is 13.5 Å². The minimum absolute atomic E-state index is 1.20. The highest BCUT2D eigenvalue weighted by Gasteiger charge is 1.90. The Morgan fingerprint density at radius 2 is 1.22 bits per heavy atom. The van der Waals surface area contributed by atoms with Gasteiger partial charge in [0.25, 0.3) is 0 Å². The molecule has 0 aromatic heterocycles. The van der Waals surface area contributed by atoms with E-state index in [-0.39, 0.29) is 0 Å². The maximum absolute atomic E-state index is 8.74. The monoisotopic (exact) mass is 280 g/mol. The van der Waals surface area contributed by atoms with Crippen LogP contribution in [0.2, 0.25) is 0 Å². The lowest BCUT2D eigenvalue weighted by molar-refractivity contribution is 0.381. The highest BCUT2D eigenvalue weighted by Crippen LogP contribution is 2.10. The van der Waals surface area contributed by atoms with Crippen molar-refractivity contribution in [2.45, 2.75) is 71.1 Å². The molecule has 5 heteroatoms. The van der Waals surface area contributed by atoms with Crippen LogP contribution in [0.3, 0.4) is 0 Å². The molecule has 0 spiro atoms. The Balaban J connectivity index is 0. The molecule has 4 nitrogen and oxygen atoms in total. The molecule has 0 radical (unpaired) electrons. The minimum Gasteiger partial charge on any atom is -0.264 e. The molecular weight excluding hydrogens is 252 g/mol. The maximum atomic E-state index is 8.74. The summed E-state index contributed by atoms with van der Waals surface area (Å²) >= 11 is 0. The first-order valence-corrected chi connectivity index (χ1v) is 8.12. The van der Waals surface area contributed by atoms with Crippen LogP contribution in [0, 0.1) is 0 Å². The molecule has 0 rings (SSSR count). The summed E-state index contributed by atoms with van der Waals surface area (Å²) in [5.41, 5.74) is 0. The molecule has 18 heavy (non-hydrogen) atoms. The number of hydrogen-bond donors (Lipinski definition) is 2. The number of hydrogen-bond acceptors (Lipinski definition) is 2. The van der Waals surface area contributed by atoms with Gasteiger partial charge in [-0.15, -0.1) is 6.58 Å². The molecular formula is C13H28O4S. The third-order valence-corrected chi connectivity index (χ3v) is 2.51. The fourth-order valence-electron chi connectivity index (χ4n) is 1.60. The van der Waals surface area contributed by atoms with Gasteiger partial charge >= 0.3 is 10.4 Å². The fraction of sp³-hybridized carbons (Fsp3) is 0.846. The van der Waals surface area contributed by atoms with Gasteiger partial charge in [0.15, 0.2) is 0 Å². The third-order valence-electron chi connectivity index (χ3n) is 2.51. The maximum Gasteiger partial charge on any atom is 0.394 e. The van der Waals surface area contributed by atoms with Gasteiger partial charge in [-0.2, -0.15) is 8.42 Å². The van der Waals surface area contributed by atoms with E-state index >= 15 is 0 Å². The Kier molecular flexibility index (Phi) is 16.3. The van der Waals surface area contributed by atoms with Crippen molar-refractivity contribution in [3.05, 3.63) is 12.7 Å². The predicted molar refractivity (Wildman–Crippen MR) is 76.2 cm³/mol. The Bertz CT molecular complexity index is 252. The lowest BCUT2D eigenvalue weighted by Crippen LogP contribution is -1.89. The van der Waals surface area contributed by atoms with Gasteiger partial charge in [-0.1, -0.05) is 64.4 Å². The molecule has 2 N–H and O–H groups in total. The van der Waals surface area contributed by atoms with E-state index in [1.165, 1.54) is 64.2 Å². The van der Waals surface area contributed by atoms with Crippen LogP contribution in [0.15, 0.2) is 12.7 Å². The van der Waals surface area contributed by atoms with Gasteiger partial charge in [0.2, 0.25) is 0 Å². The van der Waals surface area contributed by atoms with E-state index in [9.17, 15) is 0 Å². The van der Waals surface area contributed by atoms with Gasteiger partial charge in [0.1, 0.15) is 0 Å². The SMILES string of the molecule is C=CCCCCCCCCCCC.O=S(=O)(O)O. The molecule has 0 heterocycles. The largest absolute Gasteiger partial charge is 0.394 e. The first-order valence-electron chi connectivity index (χ1n) is 6.72. The minimum atomic E-state index is -4.67. The van der Waals surface area contributed by atoms with Gasteiger partial charge < -0.3 is 0 Å². The summed E-state index contributed by atoms with van der Waals surface area (Å²) in [6.45, 7) is 6.00. The normalized spacial score (nSPS) is 10.6. The quantitative estimate of drug-likeness (QED) is 0.352. The summed E-state index contributed by atoms with van der Waals surface area (Å²) < 4.78 is 31.6. The zero-order chi connectivity index (χ0) is 14.3. The van der Waals surface area contributed by atoms with Crippen molar-refractivity contribution in [2.75, 3.05) is 0 Å². The highest BCUT2D eigenvalue weighted by molar-refractivity contribution is 7.79. The van der Waals surface area contributed by atoms with Crippen molar-refractivity contribution < 1.29 is 17.5 Å². The van der Waals surface area contributed by atoms with Crippen LogP contribution in [0.5, 0.6) is 0 Å². The van der Waals surface area contributed by atoms with E-state index in [1.807, 2.05) is 6.08 Å². The zero-order valence-electron chi connectivity index (χ0n) is 11.5. The summed E-state index contributed by atoms with van der Waals surface area (Å²) in [6.07, 6.45) is 16.0. The molecule has 0 aromatic rings. The second kappa shape index (κ2) is 14.7. The lowest BCUT2D eigenvalue weighted by atomic mass is 10.1. The van der Waals surface area contributed by atoms with Gasteiger partial charge in [-0.05, 0) is 12.8 Å². The molecule has 0 saturated heterocycles. The average molecular weight is 280 g/mol. The summed E-state index contributed by atoms with van der Waals surface area (Å²) in [5, 5.41) is 0. The van der Waals surface area contributed by atoms with Crippen LogP contribution in [0.25, 0.3) is 0 Å². The van der Waals surface area contributed by atoms with Crippen LogP contribution in [-0.2, 0) is 10.4 Å². The summed E-state index contributed by atoms with van der Waals surface area (Å²) in [6, 6.07) is 0. The fourth-order valence-corrected chi connectivity index (χ4v) is 1.60. The van der Waals surface area contributed by atoms with Crippen molar-refractivity contribution >= 4 is 10.4 Å². The summed E-state index contributed by atoms with van der Waals surface area (Å²) in [5.74, 6) is 0. The van der Waals surface area contributed by atoms with E-state index in [1.54, 1.807) is 0 Å². The average Bonchev–Trinajstić information content (AvgIpc) is 2.25. The Hall–Kier alpha value is -0.390.